The van der Waals surface area contributed by atoms with Crippen LogP contribution in [0.25, 0.3) is 0 Å². The average Bonchev–Trinajstić information content (AvgIpc) is 3.18. The predicted molar refractivity (Wildman–Crippen MR) is 165 cm³/mol. The van der Waals surface area contributed by atoms with Gasteiger partial charge < -0.3 is 13.6 Å². The molecule has 0 aliphatic carbocycles. The molecule has 0 radical (unpaired) electrons. The minimum Gasteiger partial charge on any atom is -0.447 e. The summed E-state index contributed by atoms with van der Waals surface area (Å²) in [6.45, 7) is 28.8. The highest BCUT2D eigenvalue weighted by atomic mass is 28.4. The normalized spacial score (nSPS) is 20.4. The van der Waals surface area contributed by atoms with Gasteiger partial charge in [0, 0.05) is 12.0 Å². The molecule has 2 rings (SSSR count). The number of amides is 2. The molecule has 39 heavy (non-hydrogen) atoms. The molecule has 0 N–H and O–H groups in total. The van der Waals surface area contributed by atoms with Crippen LogP contribution in [0.2, 0.25) is 36.3 Å². The number of hydrogen-bond donors (Lipinski definition) is 0. The number of nitrogens with zero attached hydrogens (tertiary/aromatic N) is 1. The molecule has 2 amide bonds. The highest BCUT2D eigenvalue weighted by Crippen LogP contribution is 2.42. The van der Waals surface area contributed by atoms with Crippen molar-refractivity contribution < 1.29 is 23.2 Å². The Hall–Kier alpha value is -1.49. The van der Waals surface area contributed by atoms with E-state index in [-0.39, 0.29) is 46.8 Å². The van der Waals surface area contributed by atoms with E-state index in [0.717, 1.165) is 12.0 Å². The Morgan fingerprint density at radius 1 is 0.974 bits per heavy atom. The molecule has 1 aromatic rings. The van der Waals surface area contributed by atoms with E-state index in [4.69, 9.17) is 13.6 Å². The van der Waals surface area contributed by atoms with Crippen LogP contribution in [0, 0.1) is 11.8 Å². The van der Waals surface area contributed by atoms with Gasteiger partial charge in [-0.2, -0.15) is 0 Å². The van der Waals surface area contributed by atoms with Gasteiger partial charge in [-0.05, 0) is 54.7 Å². The minimum atomic E-state index is -2.26. The van der Waals surface area contributed by atoms with Crippen molar-refractivity contribution in [2.24, 2.45) is 11.8 Å². The number of carbonyl (C=O) groups excluding carboxylic acids is 2. The van der Waals surface area contributed by atoms with Crippen LogP contribution in [0.15, 0.2) is 30.3 Å². The van der Waals surface area contributed by atoms with Crippen LogP contribution >= 0.6 is 0 Å². The number of cyclic esters (lactones) is 1. The summed E-state index contributed by atoms with van der Waals surface area (Å²) in [6, 6.07) is 9.61. The van der Waals surface area contributed by atoms with Crippen molar-refractivity contribution in [3.63, 3.8) is 0 Å². The second-order valence-electron chi connectivity index (χ2n) is 14.4. The lowest BCUT2D eigenvalue weighted by Gasteiger charge is -2.46. The number of benzene rings is 1. The van der Waals surface area contributed by atoms with Crippen LogP contribution in [0.5, 0.6) is 0 Å². The third-order valence-electron chi connectivity index (χ3n) is 9.39. The fourth-order valence-electron chi connectivity index (χ4n) is 4.64. The van der Waals surface area contributed by atoms with E-state index in [9.17, 15) is 9.59 Å². The lowest BCUT2D eigenvalue weighted by atomic mass is 9.87. The molecule has 1 heterocycles. The molecule has 1 aromatic carbocycles. The number of ether oxygens (including phenoxy) is 1. The number of hydrogen-bond acceptors (Lipinski definition) is 5. The van der Waals surface area contributed by atoms with Crippen LogP contribution < -0.4 is 0 Å². The van der Waals surface area contributed by atoms with Gasteiger partial charge in [0.05, 0.1) is 18.1 Å². The van der Waals surface area contributed by atoms with E-state index >= 15 is 0 Å². The van der Waals surface area contributed by atoms with Gasteiger partial charge in [0.2, 0.25) is 5.91 Å². The third-order valence-corrected chi connectivity index (χ3v) is 18.4. The summed E-state index contributed by atoms with van der Waals surface area (Å²) in [5.41, 5.74) is 1.07. The van der Waals surface area contributed by atoms with Crippen LogP contribution in [-0.4, -0.2) is 58.4 Å². The Morgan fingerprint density at radius 3 is 1.97 bits per heavy atom. The van der Waals surface area contributed by atoms with E-state index in [0.29, 0.717) is 6.42 Å². The van der Waals surface area contributed by atoms with Gasteiger partial charge in [0.15, 0.2) is 16.6 Å². The topological polar surface area (TPSA) is 65.1 Å². The number of carbonyl (C=O) groups is 2. The lowest BCUT2D eigenvalue weighted by Crippen LogP contribution is -2.55. The number of imide groups is 1. The van der Waals surface area contributed by atoms with E-state index < -0.39 is 28.6 Å². The van der Waals surface area contributed by atoms with E-state index in [1.165, 1.54) is 4.90 Å². The Bertz CT molecular complexity index is 967. The van der Waals surface area contributed by atoms with Crippen molar-refractivity contribution in [2.75, 3.05) is 6.61 Å². The van der Waals surface area contributed by atoms with E-state index in [1.54, 1.807) is 0 Å². The maximum atomic E-state index is 14.1. The van der Waals surface area contributed by atoms with Gasteiger partial charge in [0.1, 0.15) is 6.61 Å². The Morgan fingerprint density at radius 2 is 1.49 bits per heavy atom. The molecule has 0 spiro atoms. The monoisotopic (exact) mass is 577 g/mol. The van der Waals surface area contributed by atoms with Crippen molar-refractivity contribution in [3.8, 4) is 0 Å². The van der Waals surface area contributed by atoms with E-state index in [1.807, 2.05) is 37.3 Å². The summed E-state index contributed by atoms with van der Waals surface area (Å²) in [5, 5.41) is 0.0412. The van der Waals surface area contributed by atoms with Crippen molar-refractivity contribution in [2.45, 2.75) is 130 Å². The van der Waals surface area contributed by atoms with Crippen LogP contribution in [0.4, 0.5) is 4.79 Å². The molecule has 222 valence electrons. The molecule has 8 heteroatoms. The summed E-state index contributed by atoms with van der Waals surface area (Å²) >= 11 is 0. The fourth-order valence-corrected chi connectivity index (χ4v) is 7.58. The Kier molecular flexibility index (Phi) is 10.9. The fraction of sp³-hybridized carbons (Fsp3) is 0.742. The number of rotatable bonds is 11. The highest BCUT2D eigenvalue weighted by molar-refractivity contribution is 6.74. The summed E-state index contributed by atoms with van der Waals surface area (Å²) in [4.78, 5) is 28.3. The molecular formula is C31H55NO5Si2. The van der Waals surface area contributed by atoms with Gasteiger partial charge in [-0.1, -0.05) is 92.6 Å². The zero-order chi connectivity index (χ0) is 30.0. The zero-order valence-electron chi connectivity index (χ0n) is 26.9. The molecule has 1 saturated heterocycles. The molecule has 0 bridgehead atoms. The Labute approximate surface area is 240 Å². The maximum Gasteiger partial charge on any atom is 0.416 e. The van der Waals surface area contributed by atoms with Crippen LogP contribution in [0.3, 0.4) is 0 Å². The zero-order valence-corrected chi connectivity index (χ0v) is 28.9. The maximum absolute atomic E-state index is 14.1. The van der Waals surface area contributed by atoms with Crippen molar-refractivity contribution in [3.05, 3.63) is 35.9 Å². The van der Waals surface area contributed by atoms with Gasteiger partial charge in [0.25, 0.3) is 0 Å². The Balaban J connectivity index is 2.42. The summed E-state index contributed by atoms with van der Waals surface area (Å²) < 4.78 is 19.4. The van der Waals surface area contributed by atoms with Crippen LogP contribution in [-0.2, 0) is 24.8 Å². The summed E-state index contributed by atoms with van der Waals surface area (Å²) in [7, 11) is -4.32. The molecule has 1 aliphatic heterocycles. The first-order valence-electron chi connectivity index (χ1n) is 14.6. The van der Waals surface area contributed by atoms with Crippen molar-refractivity contribution in [1.29, 1.82) is 0 Å². The second kappa shape index (κ2) is 12.6. The highest BCUT2D eigenvalue weighted by Gasteiger charge is 2.48. The molecule has 6 nitrogen and oxygen atoms in total. The van der Waals surface area contributed by atoms with Crippen LogP contribution in [0.1, 0.15) is 74.3 Å². The predicted octanol–water partition coefficient (Wildman–Crippen LogP) is 8.04. The molecule has 0 unspecified atom stereocenters. The van der Waals surface area contributed by atoms with Gasteiger partial charge in [-0.15, -0.1) is 0 Å². The molecule has 1 aliphatic rings. The SMILES string of the molecule is CC[C@@H](O[Si](C)(C)C(C)(C)C)[C@H](C)[C@H](O[Si](C)(C)C(C)(C)C)[C@@H](C)C(=O)N1C(=O)OC[C@H]1Cc1ccccc1. The first-order chi connectivity index (χ1) is 17.7. The molecular weight excluding hydrogens is 523 g/mol. The minimum absolute atomic E-state index is 0.0296. The first kappa shape index (κ1) is 33.7. The third kappa shape index (κ3) is 8.05. The smallest absolute Gasteiger partial charge is 0.416 e. The lowest BCUT2D eigenvalue weighted by molar-refractivity contribution is -0.138. The second-order valence-corrected chi connectivity index (χ2v) is 24.0. The first-order valence-corrected chi connectivity index (χ1v) is 20.4. The van der Waals surface area contributed by atoms with E-state index in [2.05, 4.69) is 81.6 Å². The standard InChI is InChI=1S/C31H55NO5Si2/c1-14-26(36-38(10,11)30(4,5)6)22(2)27(37-39(12,13)31(7,8)9)23(3)28(33)32-25(21-35-29(32)34)20-24-18-16-15-17-19-24/h15-19,22-23,25-27H,14,20-21H2,1-13H3/t22-,23+,25+,26+,27-/m0/s1. The molecule has 0 saturated carbocycles. The van der Waals surface area contributed by atoms with Crippen molar-refractivity contribution in [1.82, 2.24) is 4.90 Å². The summed E-state index contributed by atoms with van der Waals surface area (Å²) in [5.74, 6) is -0.797. The molecule has 0 aromatic heterocycles. The van der Waals surface area contributed by atoms with Gasteiger partial charge in [-0.3, -0.25) is 4.79 Å². The van der Waals surface area contributed by atoms with Gasteiger partial charge in [-0.25, -0.2) is 9.69 Å². The molecule has 1 fully saturated rings. The average molecular weight is 578 g/mol. The quantitative estimate of drug-likeness (QED) is 0.249. The van der Waals surface area contributed by atoms with Gasteiger partial charge >= 0.3 is 6.09 Å². The van der Waals surface area contributed by atoms with Crippen molar-refractivity contribution >= 4 is 28.6 Å². The molecule has 5 atom stereocenters. The largest absolute Gasteiger partial charge is 0.447 e. The summed E-state index contributed by atoms with van der Waals surface area (Å²) in [6.07, 6.45) is 0.394.